The summed E-state index contributed by atoms with van der Waals surface area (Å²) in [4.78, 5) is 0. The van der Waals surface area contributed by atoms with Crippen molar-refractivity contribution in [1.82, 2.24) is 0 Å². The van der Waals surface area contributed by atoms with Crippen LogP contribution in [0.3, 0.4) is 0 Å². The van der Waals surface area contributed by atoms with Crippen LogP contribution in [0.4, 0.5) is 0 Å². The van der Waals surface area contributed by atoms with E-state index in [4.69, 9.17) is 0 Å². The van der Waals surface area contributed by atoms with Crippen molar-refractivity contribution in [3.63, 3.8) is 0 Å². The molecule has 0 radical (unpaired) electrons. The van der Waals surface area contributed by atoms with Crippen LogP contribution in [0.1, 0.15) is 13.8 Å². The summed E-state index contributed by atoms with van der Waals surface area (Å²) in [5.74, 6) is 0.474. The highest BCUT2D eigenvalue weighted by Gasteiger charge is 1.89. The molecule has 0 amide bonds. The van der Waals surface area contributed by atoms with E-state index in [1.807, 2.05) is 13.8 Å². The summed E-state index contributed by atoms with van der Waals surface area (Å²) in [5.41, 5.74) is 0. The van der Waals surface area contributed by atoms with Crippen LogP contribution in [0.15, 0.2) is 0 Å². The van der Waals surface area contributed by atoms with Gasteiger partial charge in [0.2, 0.25) is 0 Å². The van der Waals surface area contributed by atoms with E-state index in [2.05, 4.69) is 4.52 Å². The zero-order valence-corrected chi connectivity index (χ0v) is 5.44. The third-order valence-electron chi connectivity index (χ3n) is 0.461. The molecule has 0 unspecified atom stereocenters. The largest absolute Gasteiger partial charge is 0.327 e. The van der Waals surface area contributed by atoms with Crippen molar-refractivity contribution < 1.29 is 9.09 Å². The smallest absolute Gasteiger partial charge is 0.294 e. The third-order valence-corrected chi connectivity index (χ3v) is 0.715. The molecule has 0 spiro atoms. The fraction of sp³-hybridized carbons (Fsp3) is 1.00. The molecule has 0 aliphatic rings. The van der Waals surface area contributed by atoms with E-state index in [9.17, 15) is 4.57 Å². The maximum atomic E-state index is 9.58. The lowest BCUT2D eigenvalue weighted by Gasteiger charge is -1.95. The zero-order valence-electron chi connectivity index (χ0n) is 4.55. The summed E-state index contributed by atoms with van der Waals surface area (Å²) < 4.78 is 14.1. The lowest BCUT2D eigenvalue weighted by Crippen LogP contribution is -1.93. The first kappa shape index (κ1) is 7.06. The Morgan fingerprint density at radius 3 is 2.43 bits per heavy atom. The minimum atomic E-state index is -0.210. The normalized spacial score (nSPS) is 10.7. The van der Waals surface area contributed by atoms with E-state index < -0.39 is 0 Å². The molecule has 0 atom stereocenters. The van der Waals surface area contributed by atoms with Crippen molar-refractivity contribution in [1.29, 1.82) is 0 Å². The Bertz CT molecular complexity index is 53.7. The highest BCUT2D eigenvalue weighted by molar-refractivity contribution is 7.17. The molecule has 0 heterocycles. The lowest BCUT2D eigenvalue weighted by atomic mass is 10.2. The van der Waals surface area contributed by atoms with Gasteiger partial charge in [-0.25, -0.2) is 4.57 Å². The Hall–Kier alpha value is 0.0600. The minimum absolute atomic E-state index is 0.210. The average molecular weight is 120 g/mol. The second kappa shape index (κ2) is 4.23. The quantitative estimate of drug-likeness (QED) is 0.531. The van der Waals surface area contributed by atoms with Gasteiger partial charge in [-0.3, -0.25) is 4.52 Å². The third kappa shape index (κ3) is 6.06. The Kier molecular flexibility index (Phi) is 4.26. The molecular formula is C4H9O2P. The molecular weight excluding hydrogens is 111 g/mol. The van der Waals surface area contributed by atoms with E-state index in [1.54, 1.807) is 0 Å². The predicted molar refractivity (Wildman–Crippen MR) is 28.4 cm³/mol. The van der Waals surface area contributed by atoms with E-state index in [0.717, 1.165) is 0 Å². The van der Waals surface area contributed by atoms with Crippen molar-refractivity contribution in [2.45, 2.75) is 13.8 Å². The van der Waals surface area contributed by atoms with Crippen LogP contribution in [0.5, 0.6) is 0 Å². The van der Waals surface area contributed by atoms with Crippen LogP contribution in [0.2, 0.25) is 0 Å². The molecule has 0 saturated heterocycles. The Balaban J connectivity index is 2.81. The van der Waals surface area contributed by atoms with Gasteiger partial charge in [0.1, 0.15) is 0 Å². The van der Waals surface area contributed by atoms with E-state index in [0.29, 0.717) is 12.5 Å². The van der Waals surface area contributed by atoms with Gasteiger partial charge in [0.25, 0.3) is 0 Å². The van der Waals surface area contributed by atoms with Crippen molar-refractivity contribution in [2.24, 2.45) is 5.92 Å². The number of hydrogen-bond acceptors (Lipinski definition) is 2. The maximum absolute atomic E-state index is 9.58. The number of hydrogen-bond donors (Lipinski definition) is 0. The molecule has 0 aliphatic carbocycles. The topological polar surface area (TPSA) is 26.3 Å². The predicted octanol–water partition coefficient (Wildman–Crippen LogP) is 1.87. The summed E-state index contributed by atoms with van der Waals surface area (Å²) in [5, 5.41) is 0. The Morgan fingerprint density at radius 1 is 1.71 bits per heavy atom. The van der Waals surface area contributed by atoms with Gasteiger partial charge in [0, 0.05) is 0 Å². The Labute approximate surface area is 45.2 Å². The van der Waals surface area contributed by atoms with Crippen LogP contribution in [-0.2, 0) is 9.09 Å². The summed E-state index contributed by atoms with van der Waals surface area (Å²) in [6, 6.07) is 0. The van der Waals surface area contributed by atoms with Gasteiger partial charge in [-0.05, 0) is 5.92 Å². The second-order valence-electron chi connectivity index (χ2n) is 1.76. The average Bonchev–Trinajstić information content (AvgIpc) is 1.61. The first-order valence-corrected chi connectivity index (χ1v) is 2.95. The summed E-state index contributed by atoms with van der Waals surface area (Å²) in [7, 11) is -0.210. The van der Waals surface area contributed by atoms with Crippen LogP contribution in [0, 0.1) is 5.92 Å². The van der Waals surface area contributed by atoms with E-state index in [1.165, 1.54) is 0 Å². The SMILES string of the molecule is CC(C)COP=O. The zero-order chi connectivity index (χ0) is 5.70. The molecule has 0 fully saturated rings. The van der Waals surface area contributed by atoms with Crippen LogP contribution in [0.25, 0.3) is 0 Å². The van der Waals surface area contributed by atoms with Crippen molar-refractivity contribution in [3.05, 3.63) is 0 Å². The summed E-state index contributed by atoms with van der Waals surface area (Å²) in [6.45, 7) is 4.58. The highest BCUT2D eigenvalue weighted by atomic mass is 31.1. The first-order chi connectivity index (χ1) is 3.27. The second-order valence-corrected chi connectivity index (χ2v) is 2.17. The van der Waals surface area contributed by atoms with Crippen molar-refractivity contribution >= 4 is 8.69 Å². The number of rotatable bonds is 3. The van der Waals surface area contributed by atoms with Gasteiger partial charge in [0.05, 0.1) is 6.61 Å². The highest BCUT2D eigenvalue weighted by Crippen LogP contribution is 1.99. The summed E-state index contributed by atoms with van der Waals surface area (Å²) in [6.07, 6.45) is 0. The fourth-order valence-electron chi connectivity index (χ4n) is 0.180. The molecule has 0 aromatic carbocycles. The van der Waals surface area contributed by atoms with E-state index >= 15 is 0 Å². The van der Waals surface area contributed by atoms with Crippen LogP contribution in [-0.4, -0.2) is 6.61 Å². The molecule has 0 aromatic rings. The standard InChI is InChI=1S/C4H9O2P/c1-4(2)3-6-7-5/h4H,3H2,1-2H3. The van der Waals surface area contributed by atoms with Gasteiger partial charge in [-0.1, -0.05) is 13.8 Å². The minimum Gasteiger partial charge on any atom is -0.294 e. The molecule has 0 N–H and O–H groups in total. The maximum Gasteiger partial charge on any atom is 0.327 e. The molecule has 3 heteroatoms. The summed E-state index contributed by atoms with van der Waals surface area (Å²) >= 11 is 0. The molecule has 0 bridgehead atoms. The monoisotopic (exact) mass is 120 g/mol. The molecule has 0 rings (SSSR count). The molecule has 2 nitrogen and oxygen atoms in total. The van der Waals surface area contributed by atoms with Gasteiger partial charge < -0.3 is 0 Å². The first-order valence-electron chi connectivity index (χ1n) is 2.22. The fourth-order valence-corrected chi connectivity index (χ4v) is 0.539. The molecule has 42 valence electrons. The van der Waals surface area contributed by atoms with E-state index in [-0.39, 0.29) is 8.69 Å². The van der Waals surface area contributed by atoms with Crippen LogP contribution < -0.4 is 0 Å². The van der Waals surface area contributed by atoms with Gasteiger partial charge in [-0.15, -0.1) is 0 Å². The van der Waals surface area contributed by atoms with Crippen molar-refractivity contribution in [3.8, 4) is 0 Å². The molecule has 0 saturated carbocycles. The molecule has 0 aliphatic heterocycles. The van der Waals surface area contributed by atoms with Gasteiger partial charge >= 0.3 is 8.69 Å². The van der Waals surface area contributed by atoms with Gasteiger partial charge in [0.15, 0.2) is 0 Å². The molecule has 0 aromatic heterocycles. The van der Waals surface area contributed by atoms with Crippen molar-refractivity contribution in [2.75, 3.05) is 6.61 Å². The lowest BCUT2D eigenvalue weighted by molar-refractivity contribution is 0.293. The van der Waals surface area contributed by atoms with Crippen LogP contribution >= 0.6 is 8.69 Å². The molecule has 7 heavy (non-hydrogen) atoms. The van der Waals surface area contributed by atoms with Gasteiger partial charge in [-0.2, -0.15) is 0 Å². The Morgan fingerprint density at radius 2 is 2.29 bits per heavy atom.